The van der Waals surface area contributed by atoms with E-state index in [0.717, 1.165) is 17.1 Å². The smallest absolute Gasteiger partial charge is 0.333 e. The lowest BCUT2D eigenvalue weighted by Gasteiger charge is -2.37. The first kappa shape index (κ1) is 43.5. The zero-order valence-electron chi connectivity index (χ0n) is 43.9. The molecular formula is C68H62BN3. The van der Waals surface area contributed by atoms with Gasteiger partial charge in [-0.15, -0.1) is 0 Å². The van der Waals surface area contributed by atoms with Crippen LogP contribution in [0.1, 0.15) is 105 Å². The number of para-hydroxylation sites is 2. The Morgan fingerprint density at radius 2 is 0.889 bits per heavy atom. The van der Waals surface area contributed by atoms with E-state index in [1.807, 2.05) is 0 Å². The molecule has 0 saturated heterocycles. The summed E-state index contributed by atoms with van der Waals surface area (Å²) in [6.07, 6.45) is 0. The van der Waals surface area contributed by atoms with Crippen molar-refractivity contribution >= 4 is 111 Å². The molecule has 0 N–H and O–H groups in total. The van der Waals surface area contributed by atoms with Gasteiger partial charge in [0.25, 0.3) is 0 Å². The highest BCUT2D eigenvalue weighted by Gasteiger charge is 2.44. The van der Waals surface area contributed by atoms with Gasteiger partial charge in [-0.3, -0.25) is 0 Å². The highest BCUT2D eigenvalue weighted by molar-refractivity contribution is 6.90. The predicted octanol–water partition coefficient (Wildman–Crippen LogP) is 17.4. The van der Waals surface area contributed by atoms with Gasteiger partial charge in [0.05, 0.1) is 16.7 Å². The number of nitrogens with zero attached hydrogens (tertiary/aromatic N) is 3. The molecule has 10 aromatic carbocycles. The summed E-state index contributed by atoms with van der Waals surface area (Å²) in [5, 5.41) is 13.2. The fourth-order valence-electron chi connectivity index (χ4n) is 13.0. The van der Waals surface area contributed by atoms with Crippen LogP contribution in [0.5, 0.6) is 0 Å². The normalized spacial score (nSPS) is 13.8. The average Bonchev–Trinajstić information content (AvgIpc) is 3.85. The maximum absolute atomic E-state index is 2.79. The Morgan fingerprint density at radius 1 is 0.389 bits per heavy atom. The SMILES string of the molecule is CC(C)(C)c1ccc2c(c1)c1cc(C(C)(C)C)cc3c1n2B1c2c-3c3ccc4cc(N(c5ccccc5)c5ccccc5)cc5ccc(c2-n2c6ccc(C(C)(C)C)cc6c6cc(C(C)(C)C)cc1c62)c3c45. The minimum absolute atomic E-state index is 0.00117. The van der Waals surface area contributed by atoms with Gasteiger partial charge < -0.3 is 13.9 Å². The van der Waals surface area contributed by atoms with Gasteiger partial charge >= 0.3 is 6.85 Å². The van der Waals surface area contributed by atoms with E-state index in [1.165, 1.54) is 126 Å². The van der Waals surface area contributed by atoms with Crippen LogP contribution in [-0.4, -0.2) is 15.9 Å². The quantitative estimate of drug-likeness (QED) is 0.127. The van der Waals surface area contributed by atoms with Crippen molar-refractivity contribution in [1.29, 1.82) is 0 Å². The molecule has 72 heavy (non-hydrogen) atoms. The van der Waals surface area contributed by atoms with Crippen molar-refractivity contribution in [2.24, 2.45) is 0 Å². The molecule has 0 unspecified atom stereocenters. The number of hydrogen-bond donors (Lipinski definition) is 0. The molecule has 0 amide bonds. The summed E-state index contributed by atoms with van der Waals surface area (Å²) < 4.78 is 5.51. The van der Waals surface area contributed by atoms with Crippen LogP contribution in [-0.2, 0) is 21.7 Å². The molecule has 2 aliphatic heterocycles. The van der Waals surface area contributed by atoms with E-state index < -0.39 is 0 Å². The van der Waals surface area contributed by atoms with Crippen molar-refractivity contribution in [3.8, 4) is 16.8 Å². The van der Waals surface area contributed by atoms with E-state index >= 15 is 0 Å². The van der Waals surface area contributed by atoms with Crippen LogP contribution in [0.15, 0.2) is 158 Å². The molecular weight excluding hydrogens is 870 g/mol. The average molecular weight is 932 g/mol. The van der Waals surface area contributed by atoms with Crippen molar-refractivity contribution < 1.29 is 0 Å². The third-order valence-electron chi connectivity index (χ3n) is 16.7. The molecule has 12 aromatic rings. The molecule has 352 valence electrons. The molecule has 0 saturated carbocycles. The van der Waals surface area contributed by atoms with Crippen molar-refractivity contribution in [2.75, 3.05) is 4.90 Å². The van der Waals surface area contributed by atoms with E-state index in [2.05, 4.69) is 255 Å². The third kappa shape index (κ3) is 5.93. The Kier molecular flexibility index (Phi) is 8.59. The maximum atomic E-state index is 2.79. The fourth-order valence-corrected chi connectivity index (χ4v) is 13.0. The van der Waals surface area contributed by atoms with Crippen molar-refractivity contribution in [2.45, 2.75) is 105 Å². The van der Waals surface area contributed by atoms with Crippen molar-refractivity contribution in [1.82, 2.24) is 9.05 Å². The number of aromatic nitrogens is 2. The third-order valence-corrected chi connectivity index (χ3v) is 16.7. The van der Waals surface area contributed by atoms with Crippen LogP contribution in [0.4, 0.5) is 17.1 Å². The number of benzene rings is 10. The highest BCUT2D eigenvalue weighted by Crippen LogP contribution is 2.52. The lowest BCUT2D eigenvalue weighted by Crippen LogP contribution is -2.55. The first-order chi connectivity index (χ1) is 34.3. The molecule has 14 rings (SSSR count). The highest BCUT2D eigenvalue weighted by atomic mass is 15.1. The van der Waals surface area contributed by atoms with Gasteiger partial charge in [0.2, 0.25) is 0 Å². The molecule has 0 fully saturated rings. The molecule has 0 bridgehead atoms. The van der Waals surface area contributed by atoms with E-state index in [9.17, 15) is 0 Å². The summed E-state index contributed by atoms with van der Waals surface area (Å²) in [4.78, 5) is 2.40. The molecule has 4 heteroatoms. The molecule has 0 atom stereocenters. The number of fused-ring (bicyclic) bond motifs is 12. The largest absolute Gasteiger partial charge is 0.375 e. The first-order valence-corrected chi connectivity index (χ1v) is 26.2. The topological polar surface area (TPSA) is 13.1 Å². The molecule has 4 heterocycles. The van der Waals surface area contributed by atoms with E-state index in [4.69, 9.17) is 0 Å². The Hall–Kier alpha value is -7.30. The van der Waals surface area contributed by atoms with Gasteiger partial charge in [0, 0.05) is 66.0 Å². The molecule has 0 radical (unpaired) electrons. The molecule has 2 aliphatic rings. The molecule has 2 aromatic heterocycles. The molecule has 3 nitrogen and oxygen atoms in total. The summed E-state index contributed by atoms with van der Waals surface area (Å²) in [7, 11) is 0. The second kappa shape index (κ2) is 14.2. The zero-order valence-corrected chi connectivity index (χ0v) is 43.9. The number of hydrogen-bond acceptors (Lipinski definition) is 1. The van der Waals surface area contributed by atoms with Crippen LogP contribution >= 0.6 is 0 Å². The Morgan fingerprint density at radius 3 is 1.46 bits per heavy atom. The second-order valence-electron chi connectivity index (χ2n) is 25.5. The van der Waals surface area contributed by atoms with Crippen molar-refractivity contribution in [3.63, 3.8) is 0 Å². The monoisotopic (exact) mass is 932 g/mol. The molecule has 0 aliphatic carbocycles. The lowest BCUT2D eigenvalue weighted by molar-refractivity contribution is 0.590. The van der Waals surface area contributed by atoms with Crippen LogP contribution in [0.25, 0.3) is 92.7 Å². The Bertz CT molecular complexity index is 4230. The summed E-state index contributed by atoms with van der Waals surface area (Å²) >= 11 is 0. The zero-order chi connectivity index (χ0) is 49.7. The van der Waals surface area contributed by atoms with Crippen LogP contribution in [0.3, 0.4) is 0 Å². The van der Waals surface area contributed by atoms with Crippen LogP contribution in [0, 0.1) is 0 Å². The van der Waals surface area contributed by atoms with Gasteiger partial charge in [0.15, 0.2) is 0 Å². The minimum atomic E-state index is -0.0804. The van der Waals surface area contributed by atoms with Gasteiger partial charge in [-0.2, -0.15) is 0 Å². The van der Waals surface area contributed by atoms with Gasteiger partial charge in [-0.25, -0.2) is 0 Å². The van der Waals surface area contributed by atoms with Crippen molar-refractivity contribution in [3.05, 3.63) is 180 Å². The van der Waals surface area contributed by atoms with Crippen LogP contribution in [0.2, 0.25) is 0 Å². The summed E-state index contributed by atoms with van der Waals surface area (Å²) in [6, 6.07) is 61.4. The predicted molar refractivity (Wildman–Crippen MR) is 313 cm³/mol. The van der Waals surface area contributed by atoms with Gasteiger partial charge in [-0.05, 0) is 161 Å². The molecule has 0 spiro atoms. The summed E-state index contributed by atoms with van der Waals surface area (Å²) in [6.45, 7) is 28.4. The number of anilines is 3. The Labute approximate surface area is 424 Å². The Balaban J connectivity index is 1.20. The van der Waals surface area contributed by atoms with Gasteiger partial charge in [-0.1, -0.05) is 162 Å². The summed E-state index contributed by atoms with van der Waals surface area (Å²) in [5.74, 6) is 0. The van der Waals surface area contributed by atoms with Crippen LogP contribution < -0.4 is 15.8 Å². The minimum Gasteiger partial charge on any atom is -0.375 e. The fraction of sp³-hybridized carbons (Fsp3) is 0.235. The number of rotatable bonds is 3. The second-order valence-corrected chi connectivity index (χ2v) is 25.5. The lowest BCUT2D eigenvalue weighted by atomic mass is 9.44. The maximum Gasteiger partial charge on any atom is 0.333 e. The van der Waals surface area contributed by atoms with E-state index in [0.29, 0.717) is 0 Å². The first-order valence-electron chi connectivity index (χ1n) is 26.2. The van der Waals surface area contributed by atoms with E-state index in [-0.39, 0.29) is 28.5 Å². The van der Waals surface area contributed by atoms with E-state index in [1.54, 1.807) is 0 Å². The standard InChI is InChI=1S/C68H62BN3/c1-65(2,3)41-25-29-56-50(33-41)53-36-44(68(10,11)12)38-55-63(53)71(56)64-49-28-24-40-32-47(70(45-19-15-13-16-20-45)46-21-17-14-18-22-46)31-39-23-27-48(59(49)58(39)40)60-54-37-43(67(7,8)9)35-52-51-34-42(66(4,5)6)26-30-57(51)72(62(52)54)69(55)61(60)64/h13-38H,1-12H3. The summed E-state index contributed by atoms with van der Waals surface area (Å²) in [5.41, 5.74) is 20.8. The van der Waals surface area contributed by atoms with Gasteiger partial charge in [0.1, 0.15) is 0 Å².